The van der Waals surface area contributed by atoms with Crippen LogP contribution in [0.2, 0.25) is 0 Å². The van der Waals surface area contributed by atoms with Crippen LogP contribution in [0.3, 0.4) is 0 Å². The Hall–Kier alpha value is -5.14. The van der Waals surface area contributed by atoms with E-state index in [1.165, 1.54) is 76.9 Å². The number of para-hydroxylation sites is 2. The summed E-state index contributed by atoms with van der Waals surface area (Å²) in [6.45, 7) is 0. The lowest BCUT2D eigenvalue weighted by Crippen LogP contribution is -2.15. The van der Waals surface area contributed by atoms with Gasteiger partial charge in [0.1, 0.15) is 0 Å². The van der Waals surface area contributed by atoms with Crippen LogP contribution in [0.4, 0.5) is 0 Å². The molecule has 192 valence electrons. The number of hydrogen-bond donors (Lipinski definition) is 0. The summed E-state index contributed by atoms with van der Waals surface area (Å²) in [5.74, 6) is 0.235. The minimum Gasteiger partial charge on any atom is -0.309 e. The molecule has 0 bridgehead atoms. The fourth-order valence-corrected chi connectivity index (χ4v) is 7.51. The highest BCUT2D eigenvalue weighted by Gasteiger charge is 2.32. The van der Waals surface area contributed by atoms with Crippen LogP contribution in [0.15, 0.2) is 146 Å². The number of benzene rings is 7. The molecule has 0 fully saturated rings. The zero-order valence-electron chi connectivity index (χ0n) is 22.6. The molecule has 0 saturated carbocycles. The van der Waals surface area contributed by atoms with Gasteiger partial charge in [0.25, 0.3) is 0 Å². The minimum atomic E-state index is 0.235. The zero-order chi connectivity index (χ0) is 26.9. The third kappa shape index (κ3) is 3.18. The SMILES string of the molecule is c1ccc(C2Cc3c(c4ccccc4c4ccccc34)-c3ccc4c5ccccc5n(-c5ccccc5)c4c32)cc1. The van der Waals surface area contributed by atoms with Crippen LogP contribution in [0.5, 0.6) is 0 Å². The molecular formula is C40H27N. The summed E-state index contributed by atoms with van der Waals surface area (Å²) in [6.07, 6.45) is 0.965. The van der Waals surface area contributed by atoms with Crippen LogP contribution in [0.25, 0.3) is 60.2 Å². The first kappa shape index (κ1) is 22.7. The van der Waals surface area contributed by atoms with Crippen LogP contribution in [0, 0.1) is 0 Å². The van der Waals surface area contributed by atoms with Crippen LogP contribution >= 0.6 is 0 Å². The molecule has 0 saturated heterocycles. The van der Waals surface area contributed by atoms with Gasteiger partial charge in [-0.1, -0.05) is 127 Å². The fourth-order valence-electron chi connectivity index (χ4n) is 7.51. The van der Waals surface area contributed by atoms with E-state index in [0.717, 1.165) is 6.42 Å². The summed E-state index contributed by atoms with van der Waals surface area (Å²) in [6, 6.07) is 53.7. The van der Waals surface area contributed by atoms with E-state index in [-0.39, 0.29) is 5.92 Å². The van der Waals surface area contributed by atoms with Crippen LogP contribution in [-0.2, 0) is 6.42 Å². The van der Waals surface area contributed by atoms with Crippen LogP contribution < -0.4 is 0 Å². The Bertz CT molecular complexity index is 2270. The number of aromatic nitrogens is 1. The topological polar surface area (TPSA) is 4.93 Å². The van der Waals surface area contributed by atoms with E-state index in [9.17, 15) is 0 Å². The molecule has 1 heteroatoms. The Kier molecular flexibility index (Phi) is 4.80. The Morgan fingerprint density at radius 3 is 1.80 bits per heavy atom. The van der Waals surface area contributed by atoms with Gasteiger partial charge in [0.15, 0.2) is 0 Å². The van der Waals surface area contributed by atoms with E-state index < -0.39 is 0 Å². The molecule has 1 heterocycles. The molecule has 1 nitrogen and oxygen atoms in total. The zero-order valence-corrected chi connectivity index (χ0v) is 22.6. The van der Waals surface area contributed by atoms with Gasteiger partial charge in [-0.05, 0) is 74.0 Å². The molecule has 1 aliphatic carbocycles. The number of rotatable bonds is 2. The van der Waals surface area contributed by atoms with Crippen molar-refractivity contribution in [2.45, 2.75) is 12.3 Å². The second kappa shape index (κ2) is 8.68. The van der Waals surface area contributed by atoms with Crippen molar-refractivity contribution in [3.8, 4) is 16.8 Å². The molecule has 7 aromatic carbocycles. The van der Waals surface area contributed by atoms with Crippen molar-refractivity contribution in [2.75, 3.05) is 0 Å². The molecule has 1 aromatic heterocycles. The first-order chi connectivity index (χ1) is 20.4. The lowest BCUT2D eigenvalue weighted by atomic mass is 9.72. The van der Waals surface area contributed by atoms with Gasteiger partial charge in [0.05, 0.1) is 11.0 Å². The van der Waals surface area contributed by atoms with E-state index in [1.54, 1.807) is 0 Å². The summed E-state index contributed by atoms with van der Waals surface area (Å²) in [7, 11) is 0. The Labute approximate surface area is 238 Å². The maximum absolute atomic E-state index is 2.51. The average molecular weight is 522 g/mol. The summed E-state index contributed by atoms with van der Waals surface area (Å²) in [4.78, 5) is 0. The number of fused-ring (bicyclic) bond motifs is 12. The summed E-state index contributed by atoms with van der Waals surface area (Å²) >= 11 is 0. The van der Waals surface area contributed by atoms with E-state index in [0.29, 0.717) is 0 Å². The standard InChI is InChI=1S/C40H27N/c1-3-13-26(14-4-1)35-25-36-30-19-8-7-17-28(30)29-18-9-10-21-32(29)38(36)34-24-23-33-31-20-11-12-22-37(31)41(40(33)39(34)35)27-15-5-2-6-16-27/h1-24,35H,25H2. The van der Waals surface area contributed by atoms with Crippen LogP contribution in [-0.4, -0.2) is 4.57 Å². The Morgan fingerprint density at radius 2 is 1.05 bits per heavy atom. The predicted octanol–water partition coefficient (Wildman–Crippen LogP) is 10.4. The highest BCUT2D eigenvalue weighted by atomic mass is 15.0. The van der Waals surface area contributed by atoms with Gasteiger partial charge in [-0.25, -0.2) is 0 Å². The van der Waals surface area contributed by atoms with Gasteiger partial charge in [0, 0.05) is 22.4 Å². The molecule has 1 aliphatic rings. The molecule has 8 aromatic rings. The molecule has 0 radical (unpaired) electrons. The molecule has 0 spiro atoms. The van der Waals surface area contributed by atoms with Crippen molar-refractivity contribution in [2.24, 2.45) is 0 Å². The summed E-state index contributed by atoms with van der Waals surface area (Å²) in [5, 5.41) is 8.01. The summed E-state index contributed by atoms with van der Waals surface area (Å²) in [5.41, 5.74) is 10.8. The third-order valence-electron chi connectivity index (χ3n) is 9.16. The van der Waals surface area contributed by atoms with E-state index in [2.05, 4.69) is 150 Å². The first-order valence-electron chi connectivity index (χ1n) is 14.5. The van der Waals surface area contributed by atoms with Gasteiger partial charge in [-0.2, -0.15) is 0 Å². The smallest absolute Gasteiger partial charge is 0.0585 e. The number of hydrogen-bond acceptors (Lipinski definition) is 0. The molecule has 9 rings (SSSR count). The van der Waals surface area contributed by atoms with Gasteiger partial charge in [0.2, 0.25) is 0 Å². The maximum Gasteiger partial charge on any atom is 0.0585 e. The van der Waals surface area contributed by atoms with Gasteiger partial charge in [-0.15, -0.1) is 0 Å². The van der Waals surface area contributed by atoms with Crippen LogP contribution in [0.1, 0.15) is 22.6 Å². The van der Waals surface area contributed by atoms with Gasteiger partial charge in [-0.3, -0.25) is 0 Å². The Balaban J connectivity index is 1.52. The highest BCUT2D eigenvalue weighted by Crippen LogP contribution is 2.52. The quantitative estimate of drug-likeness (QED) is 0.199. The van der Waals surface area contributed by atoms with E-state index in [4.69, 9.17) is 0 Å². The molecule has 1 unspecified atom stereocenters. The van der Waals surface area contributed by atoms with Crippen molar-refractivity contribution < 1.29 is 0 Å². The lowest BCUT2D eigenvalue weighted by molar-refractivity contribution is 0.803. The largest absolute Gasteiger partial charge is 0.309 e. The third-order valence-corrected chi connectivity index (χ3v) is 9.16. The fraction of sp³-hybridized carbons (Fsp3) is 0.0500. The molecule has 1 atom stereocenters. The Morgan fingerprint density at radius 1 is 0.463 bits per heavy atom. The monoisotopic (exact) mass is 521 g/mol. The maximum atomic E-state index is 2.51. The van der Waals surface area contributed by atoms with E-state index in [1.807, 2.05) is 0 Å². The normalized spacial score (nSPS) is 14.5. The van der Waals surface area contributed by atoms with Crippen molar-refractivity contribution in [3.05, 3.63) is 162 Å². The molecule has 41 heavy (non-hydrogen) atoms. The predicted molar refractivity (Wildman–Crippen MR) is 173 cm³/mol. The highest BCUT2D eigenvalue weighted by molar-refractivity contribution is 6.19. The van der Waals surface area contributed by atoms with Crippen molar-refractivity contribution in [1.82, 2.24) is 4.57 Å². The van der Waals surface area contributed by atoms with Gasteiger partial charge < -0.3 is 4.57 Å². The summed E-state index contributed by atoms with van der Waals surface area (Å²) < 4.78 is 2.51. The first-order valence-corrected chi connectivity index (χ1v) is 14.5. The number of nitrogens with zero attached hydrogens (tertiary/aromatic N) is 1. The molecule has 0 aliphatic heterocycles. The van der Waals surface area contributed by atoms with Crippen molar-refractivity contribution >= 4 is 43.4 Å². The second-order valence-corrected chi connectivity index (χ2v) is 11.2. The molecule has 0 amide bonds. The van der Waals surface area contributed by atoms with Gasteiger partial charge >= 0.3 is 0 Å². The second-order valence-electron chi connectivity index (χ2n) is 11.2. The molecule has 0 N–H and O–H groups in total. The minimum absolute atomic E-state index is 0.235. The van der Waals surface area contributed by atoms with Crippen molar-refractivity contribution in [1.29, 1.82) is 0 Å². The van der Waals surface area contributed by atoms with Crippen molar-refractivity contribution in [3.63, 3.8) is 0 Å². The molecular weight excluding hydrogens is 494 g/mol. The average Bonchev–Trinajstić information content (AvgIpc) is 3.40. The lowest BCUT2D eigenvalue weighted by Gasteiger charge is -2.32. The van der Waals surface area contributed by atoms with E-state index >= 15 is 0 Å².